The second-order valence-electron chi connectivity index (χ2n) is 8.17. The van der Waals surface area contributed by atoms with Gasteiger partial charge in [0.2, 0.25) is 5.78 Å². The van der Waals surface area contributed by atoms with Gasteiger partial charge in [-0.1, -0.05) is 41.7 Å². The lowest BCUT2D eigenvalue weighted by atomic mass is 9.84. The van der Waals surface area contributed by atoms with Crippen LogP contribution in [0.25, 0.3) is 10.2 Å². The van der Waals surface area contributed by atoms with Crippen LogP contribution in [0.1, 0.15) is 39.3 Å². The standard InChI is InChI=1S/C27H20N2O7S/c1-2-35-14-11-12-18-20(13-14)37-27(28-18)29-25(33)23(32)21(22(31)17-9-5-6-10-19(17)30)24-15-7-3-4-8-16(15)26(34)36-24/h3-13,21,24,30H,2H2,1H3,(H,28,29,33)/t21-,24+/m1/s1. The first kappa shape index (κ1) is 24.1. The fourth-order valence-electron chi connectivity index (χ4n) is 4.18. The molecule has 2 heterocycles. The van der Waals surface area contributed by atoms with Gasteiger partial charge in [0, 0.05) is 5.56 Å². The Hall–Kier alpha value is -4.57. The number of rotatable bonds is 8. The van der Waals surface area contributed by atoms with Crippen molar-refractivity contribution in [1.29, 1.82) is 0 Å². The van der Waals surface area contributed by atoms with Crippen LogP contribution in [0.2, 0.25) is 0 Å². The number of cyclic esters (lactones) is 1. The number of aromatic hydroxyl groups is 1. The Morgan fingerprint density at radius 1 is 1.11 bits per heavy atom. The van der Waals surface area contributed by atoms with E-state index >= 15 is 0 Å². The van der Waals surface area contributed by atoms with Crippen LogP contribution in [0.4, 0.5) is 5.13 Å². The summed E-state index contributed by atoms with van der Waals surface area (Å²) in [6.07, 6.45) is -1.34. The molecule has 1 aliphatic heterocycles. The van der Waals surface area contributed by atoms with Gasteiger partial charge in [0.1, 0.15) is 23.5 Å². The molecule has 10 heteroatoms. The van der Waals surface area contributed by atoms with Gasteiger partial charge in [0.15, 0.2) is 10.9 Å². The molecular formula is C27H20N2O7S. The van der Waals surface area contributed by atoms with Gasteiger partial charge in [-0.05, 0) is 43.3 Å². The third-order valence-corrected chi connectivity index (χ3v) is 6.81. The van der Waals surface area contributed by atoms with Crippen molar-refractivity contribution in [3.63, 3.8) is 0 Å². The highest BCUT2D eigenvalue weighted by atomic mass is 32.1. The van der Waals surface area contributed by atoms with Crippen LogP contribution in [0.3, 0.4) is 0 Å². The van der Waals surface area contributed by atoms with Crippen molar-refractivity contribution in [3.05, 3.63) is 83.4 Å². The Morgan fingerprint density at radius 2 is 1.86 bits per heavy atom. The normalized spacial score (nSPS) is 15.1. The number of hydrogen-bond donors (Lipinski definition) is 2. The molecule has 0 unspecified atom stereocenters. The van der Waals surface area contributed by atoms with Crippen LogP contribution in [0, 0.1) is 5.92 Å². The second kappa shape index (κ2) is 9.82. The Morgan fingerprint density at radius 3 is 2.65 bits per heavy atom. The molecule has 0 spiro atoms. The predicted molar refractivity (Wildman–Crippen MR) is 135 cm³/mol. The van der Waals surface area contributed by atoms with Crippen molar-refractivity contribution >= 4 is 50.1 Å². The number of ketones is 2. The first-order chi connectivity index (χ1) is 17.9. The van der Waals surface area contributed by atoms with E-state index in [9.17, 15) is 24.3 Å². The summed E-state index contributed by atoms with van der Waals surface area (Å²) in [5, 5.41) is 12.9. The third-order valence-electron chi connectivity index (χ3n) is 5.87. The Balaban J connectivity index is 1.48. The molecule has 0 radical (unpaired) electrons. The lowest BCUT2D eigenvalue weighted by Gasteiger charge is -2.21. The average molecular weight is 517 g/mol. The summed E-state index contributed by atoms with van der Waals surface area (Å²) in [7, 11) is 0. The molecule has 0 saturated carbocycles. The molecule has 3 aromatic carbocycles. The molecule has 2 atom stereocenters. The van der Waals surface area contributed by atoms with Gasteiger partial charge < -0.3 is 14.6 Å². The number of phenolic OH excluding ortho intramolecular Hbond substituents is 1. The lowest BCUT2D eigenvalue weighted by molar-refractivity contribution is -0.138. The zero-order valence-corrected chi connectivity index (χ0v) is 20.3. The van der Waals surface area contributed by atoms with E-state index < -0.39 is 35.5 Å². The van der Waals surface area contributed by atoms with Gasteiger partial charge in [-0.2, -0.15) is 0 Å². The number of para-hydroxylation sites is 1. The molecular weight excluding hydrogens is 496 g/mol. The van der Waals surface area contributed by atoms with E-state index in [1.807, 2.05) is 6.92 Å². The highest BCUT2D eigenvalue weighted by Crippen LogP contribution is 2.39. The summed E-state index contributed by atoms with van der Waals surface area (Å²) in [5.74, 6) is -5.23. The average Bonchev–Trinajstić information content (AvgIpc) is 3.44. The maximum atomic E-state index is 13.5. The molecule has 4 aromatic rings. The zero-order chi connectivity index (χ0) is 26.1. The van der Waals surface area contributed by atoms with Crippen molar-refractivity contribution in [2.24, 2.45) is 5.92 Å². The summed E-state index contributed by atoms with van der Waals surface area (Å²) in [5.41, 5.74) is 0.937. The lowest BCUT2D eigenvalue weighted by Crippen LogP contribution is -2.38. The molecule has 1 aliphatic rings. The fraction of sp³-hybridized carbons (Fsp3) is 0.148. The van der Waals surface area contributed by atoms with E-state index in [1.165, 1.54) is 30.3 Å². The molecule has 5 rings (SSSR count). The minimum atomic E-state index is -1.72. The van der Waals surface area contributed by atoms with Gasteiger partial charge in [-0.3, -0.25) is 19.7 Å². The number of phenols is 1. The maximum absolute atomic E-state index is 13.5. The number of aromatic nitrogens is 1. The summed E-state index contributed by atoms with van der Waals surface area (Å²) in [4.78, 5) is 56.9. The minimum absolute atomic E-state index is 0.152. The van der Waals surface area contributed by atoms with Crippen LogP contribution in [0.15, 0.2) is 66.7 Å². The zero-order valence-electron chi connectivity index (χ0n) is 19.5. The molecule has 186 valence electrons. The number of benzene rings is 3. The number of carbonyl (C=O) groups is 4. The molecule has 1 aromatic heterocycles. The summed E-state index contributed by atoms with van der Waals surface area (Å²) in [6, 6.07) is 17.2. The van der Waals surface area contributed by atoms with Crippen molar-refractivity contribution in [1.82, 2.24) is 4.98 Å². The number of nitrogens with one attached hydrogen (secondary N) is 1. The van der Waals surface area contributed by atoms with Gasteiger partial charge in [0.05, 0.1) is 28.0 Å². The van der Waals surface area contributed by atoms with E-state index in [-0.39, 0.29) is 22.0 Å². The van der Waals surface area contributed by atoms with E-state index in [1.54, 1.807) is 36.4 Å². The van der Waals surface area contributed by atoms with Gasteiger partial charge in [-0.25, -0.2) is 9.78 Å². The largest absolute Gasteiger partial charge is 0.507 e. The number of anilines is 1. The number of fused-ring (bicyclic) bond motifs is 2. The van der Waals surface area contributed by atoms with E-state index in [4.69, 9.17) is 9.47 Å². The number of nitrogens with zero attached hydrogens (tertiary/aromatic N) is 1. The molecule has 9 nitrogen and oxygen atoms in total. The SMILES string of the molecule is CCOc1ccc2nc(NC(=O)C(=O)[C@@H](C(=O)c3ccccc3O)[C@H]3OC(=O)c4ccccc43)sc2c1. The van der Waals surface area contributed by atoms with Crippen molar-refractivity contribution in [3.8, 4) is 11.5 Å². The number of esters is 1. The number of carbonyl (C=O) groups excluding carboxylic acids is 4. The highest BCUT2D eigenvalue weighted by molar-refractivity contribution is 7.22. The van der Waals surface area contributed by atoms with Gasteiger partial charge in [0.25, 0.3) is 5.91 Å². The summed E-state index contributed by atoms with van der Waals surface area (Å²) < 4.78 is 11.6. The van der Waals surface area contributed by atoms with Crippen LogP contribution in [-0.2, 0) is 14.3 Å². The first-order valence-corrected chi connectivity index (χ1v) is 12.2. The van der Waals surface area contributed by atoms with Gasteiger partial charge >= 0.3 is 5.97 Å². The predicted octanol–water partition coefficient (Wildman–Crippen LogP) is 4.32. The molecule has 0 saturated heterocycles. The fourth-order valence-corrected chi connectivity index (χ4v) is 5.07. The highest BCUT2D eigenvalue weighted by Gasteiger charge is 2.46. The maximum Gasteiger partial charge on any atom is 0.339 e. The molecule has 37 heavy (non-hydrogen) atoms. The molecule has 2 N–H and O–H groups in total. The minimum Gasteiger partial charge on any atom is -0.507 e. The first-order valence-electron chi connectivity index (χ1n) is 11.4. The molecule has 0 fully saturated rings. The quantitative estimate of drug-likeness (QED) is 0.153. The number of ether oxygens (including phenoxy) is 2. The number of Topliss-reactive ketones (excluding diaryl/α,β-unsaturated/α-hetero) is 2. The van der Waals surface area contributed by atoms with E-state index in [0.29, 0.717) is 23.4 Å². The molecule has 0 bridgehead atoms. The van der Waals surface area contributed by atoms with Crippen LogP contribution in [-0.4, -0.2) is 40.1 Å². The third kappa shape index (κ3) is 4.54. The Kier molecular flexibility index (Phi) is 6.41. The van der Waals surface area contributed by atoms with Crippen LogP contribution >= 0.6 is 11.3 Å². The molecule has 0 aliphatic carbocycles. The van der Waals surface area contributed by atoms with Crippen LogP contribution < -0.4 is 10.1 Å². The number of amides is 1. The summed E-state index contributed by atoms with van der Waals surface area (Å²) >= 11 is 1.14. The van der Waals surface area contributed by atoms with E-state index in [2.05, 4.69) is 10.3 Å². The Labute approximate surface area is 214 Å². The number of hydrogen-bond acceptors (Lipinski definition) is 9. The Bertz CT molecular complexity index is 1560. The van der Waals surface area contributed by atoms with Crippen molar-refractivity contribution in [2.45, 2.75) is 13.0 Å². The monoisotopic (exact) mass is 516 g/mol. The second-order valence-corrected chi connectivity index (χ2v) is 9.20. The van der Waals surface area contributed by atoms with Crippen LogP contribution in [0.5, 0.6) is 11.5 Å². The molecule has 1 amide bonds. The van der Waals surface area contributed by atoms with E-state index in [0.717, 1.165) is 16.0 Å². The van der Waals surface area contributed by atoms with Gasteiger partial charge in [-0.15, -0.1) is 0 Å². The van der Waals surface area contributed by atoms with Crippen molar-refractivity contribution in [2.75, 3.05) is 11.9 Å². The van der Waals surface area contributed by atoms with Crippen molar-refractivity contribution < 1.29 is 33.8 Å². The topological polar surface area (TPSA) is 132 Å². The smallest absolute Gasteiger partial charge is 0.339 e. The summed E-state index contributed by atoms with van der Waals surface area (Å²) in [6.45, 7) is 2.35. The number of thiazole rings is 1.